The van der Waals surface area contributed by atoms with Crippen LogP contribution in [0.15, 0.2) is 41.4 Å². The number of amides is 2. The summed E-state index contributed by atoms with van der Waals surface area (Å²) in [5, 5.41) is 15.3. The van der Waals surface area contributed by atoms with Crippen LogP contribution >= 0.6 is 11.6 Å². The van der Waals surface area contributed by atoms with Crippen LogP contribution in [0.5, 0.6) is 0 Å². The van der Waals surface area contributed by atoms with Crippen LogP contribution in [0.25, 0.3) is 0 Å². The number of anilines is 3. The number of nitrogens with one attached hydrogen (secondary N) is 2. The number of hydrogen-bond acceptors (Lipinski definition) is 4. The first-order valence-electron chi connectivity index (χ1n) is 8.57. The summed E-state index contributed by atoms with van der Waals surface area (Å²) in [6.45, 7) is 1.71. The molecule has 2 aromatic carbocycles. The molecule has 3 rings (SSSR count). The van der Waals surface area contributed by atoms with Crippen molar-refractivity contribution in [3.8, 4) is 0 Å². The standard InChI is InChI=1S/C19H19ClFN5O3/c1-19(9-16(27)26(2)17(25-19)24-18(28)29)10-3-5-12(21)14(7-10)23-15-8-11(20)4-6-13(15)22/h3-8,23H,9,22H2,1-2H3,(H,24,25)(H,28,29)/t19-/m0/s1. The van der Waals surface area contributed by atoms with Crippen molar-refractivity contribution in [3.63, 3.8) is 0 Å². The number of guanidine groups is 1. The third-order valence-electron chi connectivity index (χ3n) is 4.67. The SMILES string of the molecule is CN1C(=O)C[C@@](C)(c2ccc(F)c(Nc3cc(Cl)ccc3N)c2)N/C1=N\C(=O)O. The van der Waals surface area contributed by atoms with E-state index in [1.165, 1.54) is 25.2 Å². The molecule has 0 aromatic heterocycles. The van der Waals surface area contributed by atoms with Crippen LogP contribution in [0.1, 0.15) is 18.9 Å². The zero-order valence-corrected chi connectivity index (χ0v) is 16.4. The maximum atomic E-state index is 14.4. The summed E-state index contributed by atoms with van der Waals surface area (Å²) in [6, 6.07) is 9.08. The molecular formula is C19H19ClFN5O3. The van der Waals surface area contributed by atoms with Gasteiger partial charge in [0.05, 0.1) is 29.0 Å². The molecule has 1 aliphatic heterocycles. The summed E-state index contributed by atoms with van der Waals surface area (Å²) in [5.74, 6) is -0.964. The zero-order valence-electron chi connectivity index (χ0n) is 15.7. The Morgan fingerprint density at radius 1 is 1.34 bits per heavy atom. The quantitative estimate of drug-likeness (QED) is 0.565. The summed E-state index contributed by atoms with van der Waals surface area (Å²) in [6.07, 6.45) is -1.42. The van der Waals surface area contributed by atoms with Gasteiger partial charge in [-0.15, -0.1) is 4.99 Å². The number of rotatable bonds is 3. The van der Waals surface area contributed by atoms with Crippen LogP contribution in [0.3, 0.4) is 0 Å². The van der Waals surface area contributed by atoms with Gasteiger partial charge in [0.15, 0.2) is 0 Å². The molecule has 0 bridgehead atoms. The van der Waals surface area contributed by atoms with E-state index in [-0.39, 0.29) is 24.0 Å². The van der Waals surface area contributed by atoms with Crippen molar-refractivity contribution in [1.29, 1.82) is 0 Å². The molecule has 1 aliphatic rings. The molecule has 2 aromatic rings. The van der Waals surface area contributed by atoms with Crippen LogP contribution < -0.4 is 16.4 Å². The number of carbonyl (C=O) groups is 2. The molecule has 0 unspecified atom stereocenters. The lowest BCUT2D eigenvalue weighted by Crippen LogP contribution is -2.58. The van der Waals surface area contributed by atoms with Gasteiger partial charge in [0.2, 0.25) is 11.9 Å². The third kappa shape index (κ3) is 4.24. The van der Waals surface area contributed by atoms with Crippen molar-refractivity contribution in [2.75, 3.05) is 18.1 Å². The van der Waals surface area contributed by atoms with E-state index in [1.54, 1.807) is 25.1 Å². The molecule has 2 amide bonds. The molecular weight excluding hydrogens is 401 g/mol. The Labute approximate surface area is 171 Å². The van der Waals surface area contributed by atoms with Gasteiger partial charge in [-0.05, 0) is 42.8 Å². The number of nitrogens with two attached hydrogens (primary N) is 1. The predicted octanol–water partition coefficient (Wildman–Crippen LogP) is 3.51. The van der Waals surface area contributed by atoms with Crippen molar-refractivity contribution in [3.05, 3.63) is 52.8 Å². The minimum atomic E-state index is -1.44. The lowest BCUT2D eigenvalue weighted by Gasteiger charge is -2.40. The smallest absolute Gasteiger partial charge is 0.434 e. The van der Waals surface area contributed by atoms with Gasteiger partial charge in [0.1, 0.15) is 5.82 Å². The normalized spacial score (nSPS) is 20.5. The van der Waals surface area contributed by atoms with E-state index < -0.39 is 17.4 Å². The van der Waals surface area contributed by atoms with Gasteiger partial charge >= 0.3 is 6.09 Å². The first kappa shape index (κ1) is 20.4. The monoisotopic (exact) mass is 419 g/mol. The van der Waals surface area contributed by atoms with Gasteiger partial charge in [-0.1, -0.05) is 17.7 Å². The zero-order chi connectivity index (χ0) is 21.3. The minimum absolute atomic E-state index is 0.0204. The van der Waals surface area contributed by atoms with Gasteiger partial charge in [-0.25, -0.2) is 9.18 Å². The second-order valence-corrected chi connectivity index (χ2v) is 7.29. The van der Waals surface area contributed by atoms with Crippen molar-refractivity contribution in [2.45, 2.75) is 18.9 Å². The van der Waals surface area contributed by atoms with Crippen LogP contribution in [0.4, 0.5) is 26.2 Å². The number of nitrogen functional groups attached to an aromatic ring is 1. The lowest BCUT2D eigenvalue weighted by atomic mass is 9.86. The average Bonchev–Trinajstić information content (AvgIpc) is 2.63. The van der Waals surface area contributed by atoms with Crippen LogP contribution in [0, 0.1) is 5.82 Å². The molecule has 1 heterocycles. The minimum Gasteiger partial charge on any atom is -0.463 e. The topological polar surface area (TPSA) is 120 Å². The van der Waals surface area contributed by atoms with E-state index in [9.17, 15) is 14.0 Å². The molecule has 0 radical (unpaired) electrons. The number of carboxylic acid groups (broad SMARTS) is 1. The van der Waals surface area contributed by atoms with Crippen molar-refractivity contribution in [2.24, 2.45) is 4.99 Å². The van der Waals surface area contributed by atoms with E-state index in [0.717, 1.165) is 4.90 Å². The molecule has 5 N–H and O–H groups in total. The van der Waals surface area contributed by atoms with Crippen molar-refractivity contribution >= 4 is 46.6 Å². The van der Waals surface area contributed by atoms with Gasteiger partial charge < -0.3 is 21.5 Å². The predicted molar refractivity (Wildman–Crippen MR) is 109 cm³/mol. The fourth-order valence-electron chi connectivity index (χ4n) is 3.03. The summed E-state index contributed by atoms with van der Waals surface area (Å²) in [7, 11) is 1.43. The van der Waals surface area contributed by atoms with E-state index in [1.807, 2.05) is 0 Å². The number of nitrogens with zero attached hydrogens (tertiary/aromatic N) is 2. The van der Waals surface area contributed by atoms with Gasteiger partial charge in [-0.3, -0.25) is 9.69 Å². The first-order chi connectivity index (χ1) is 13.6. The third-order valence-corrected chi connectivity index (χ3v) is 4.91. The largest absolute Gasteiger partial charge is 0.463 e. The highest BCUT2D eigenvalue weighted by atomic mass is 35.5. The fourth-order valence-corrected chi connectivity index (χ4v) is 3.20. The molecule has 152 valence electrons. The number of aliphatic imine (C=N–C) groups is 1. The maximum Gasteiger partial charge on any atom is 0.434 e. The number of halogens is 2. The molecule has 10 heteroatoms. The molecule has 1 saturated heterocycles. The molecule has 8 nitrogen and oxygen atoms in total. The van der Waals surface area contributed by atoms with E-state index in [2.05, 4.69) is 15.6 Å². The fraction of sp³-hybridized carbons (Fsp3) is 0.211. The van der Waals surface area contributed by atoms with E-state index in [4.69, 9.17) is 22.4 Å². The second kappa shape index (κ2) is 7.59. The van der Waals surface area contributed by atoms with Crippen LogP contribution in [0.2, 0.25) is 5.02 Å². The Hall–Kier alpha value is -3.33. The Morgan fingerprint density at radius 2 is 2.07 bits per heavy atom. The maximum absolute atomic E-state index is 14.4. The second-order valence-electron chi connectivity index (χ2n) is 6.86. The molecule has 0 saturated carbocycles. The summed E-state index contributed by atoms with van der Waals surface area (Å²) < 4.78 is 14.4. The molecule has 1 atom stereocenters. The Kier molecular flexibility index (Phi) is 5.34. The van der Waals surface area contributed by atoms with Gasteiger partial charge in [-0.2, -0.15) is 0 Å². The van der Waals surface area contributed by atoms with Crippen LogP contribution in [-0.2, 0) is 10.3 Å². The number of carbonyl (C=O) groups excluding carboxylic acids is 1. The Bertz CT molecular complexity index is 1030. The number of benzene rings is 2. The summed E-state index contributed by atoms with van der Waals surface area (Å²) in [5.41, 5.74) is 6.41. The summed E-state index contributed by atoms with van der Waals surface area (Å²) >= 11 is 5.98. The van der Waals surface area contributed by atoms with Crippen molar-refractivity contribution < 1.29 is 19.1 Å². The molecule has 1 fully saturated rings. The number of hydrogen-bond donors (Lipinski definition) is 4. The Balaban J connectivity index is 1.99. The average molecular weight is 420 g/mol. The van der Waals surface area contributed by atoms with Crippen LogP contribution in [-0.4, -0.2) is 35.0 Å². The molecule has 0 spiro atoms. The molecule has 0 aliphatic carbocycles. The Morgan fingerprint density at radius 3 is 2.76 bits per heavy atom. The van der Waals surface area contributed by atoms with E-state index in [0.29, 0.717) is 22.0 Å². The highest BCUT2D eigenvalue weighted by Gasteiger charge is 2.39. The van der Waals surface area contributed by atoms with Crippen molar-refractivity contribution in [1.82, 2.24) is 10.2 Å². The summed E-state index contributed by atoms with van der Waals surface area (Å²) in [4.78, 5) is 27.9. The highest BCUT2D eigenvalue weighted by molar-refractivity contribution is 6.31. The first-order valence-corrected chi connectivity index (χ1v) is 8.95. The lowest BCUT2D eigenvalue weighted by molar-refractivity contribution is -0.129. The molecule has 29 heavy (non-hydrogen) atoms. The highest BCUT2D eigenvalue weighted by Crippen LogP contribution is 2.34. The van der Waals surface area contributed by atoms with E-state index >= 15 is 0 Å². The van der Waals surface area contributed by atoms with Gasteiger partial charge in [0.25, 0.3) is 0 Å². The van der Waals surface area contributed by atoms with Gasteiger partial charge in [0, 0.05) is 12.1 Å².